The van der Waals surface area contributed by atoms with Crippen LogP contribution in [0.4, 0.5) is 0 Å². The lowest BCUT2D eigenvalue weighted by Gasteiger charge is -2.09. The zero-order chi connectivity index (χ0) is 10.0. The van der Waals surface area contributed by atoms with Gasteiger partial charge < -0.3 is 5.11 Å². The van der Waals surface area contributed by atoms with E-state index >= 15 is 0 Å². The number of hydrogen-bond acceptors (Lipinski definition) is 1. The van der Waals surface area contributed by atoms with Crippen molar-refractivity contribution in [1.82, 2.24) is 0 Å². The Morgan fingerprint density at radius 1 is 1.23 bits per heavy atom. The second kappa shape index (κ2) is 3.60. The molecule has 0 atom stereocenters. The van der Waals surface area contributed by atoms with E-state index in [4.69, 9.17) is 5.11 Å². The molecule has 2 nitrogen and oxygen atoms in total. The van der Waals surface area contributed by atoms with Crippen LogP contribution in [0.15, 0.2) is 12.1 Å². The van der Waals surface area contributed by atoms with Gasteiger partial charge in [-0.3, -0.25) is 4.79 Å². The molecule has 0 aliphatic rings. The maximum absolute atomic E-state index is 10.6. The van der Waals surface area contributed by atoms with Crippen molar-refractivity contribution in [3.8, 4) is 0 Å². The van der Waals surface area contributed by atoms with Gasteiger partial charge in [0.1, 0.15) is 0 Å². The van der Waals surface area contributed by atoms with E-state index in [1.165, 1.54) is 0 Å². The third-order valence-electron chi connectivity index (χ3n) is 2.43. The van der Waals surface area contributed by atoms with Gasteiger partial charge in [0, 0.05) is 0 Å². The van der Waals surface area contributed by atoms with E-state index in [1.54, 1.807) is 0 Å². The molecule has 0 aliphatic heterocycles. The highest BCUT2D eigenvalue weighted by atomic mass is 16.4. The summed E-state index contributed by atoms with van der Waals surface area (Å²) in [6, 6.07) is 4.00. The van der Waals surface area contributed by atoms with Crippen molar-refractivity contribution >= 4 is 5.97 Å². The first-order valence-electron chi connectivity index (χ1n) is 4.30. The van der Waals surface area contributed by atoms with Crippen LogP contribution in [0.5, 0.6) is 0 Å². The summed E-state index contributed by atoms with van der Waals surface area (Å²) in [6.45, 7) is 5.92. The molecule has 0 aliphatic carbocycles. The molecule has 13 heavy (non-hydrogen) atoms. The fraction of sp³-hybridized carbons (Fsp3) is 0.364. The molecule has 70 valence electrons. The Kier molecular flexibility index (Phi) is 2.71. The molecule has 1 aromatic carbocycles. The van der Waals surface area contributed by atoms with Crippen LogP contribution < -0.4 is 0 Å². The van der Waals surface area contributed by atoms with Crippen molar-refractivity contribution < 1.29 is 9.90 Å². The number of carboxylic acid groups (broad SMARTS) is 1. The average Bonchev–Trinajstić information content (AvgIpc) is 2.05. The third kappa shape index (κ3) is 2.08. The lowest BCUT2D eigenvalue weighted by atomic mass is 9.96. The second-order valence-corrected chi connectivity index (χ2v) is 3.37. The van der Waals surface area contributed by atoms with Crippen LogP contribution in [0.2, 0.25) is 0 Å². The molecular weight excluding hydrogens is 164 g/mol. The maximum atomic E-state index is 10.6. The number of aliphatic carboxylic acids is 1. The largest absolute Gasteiger partial charge is 0.481 e. The van der Waals surface area contributed by atoms with Crippen LogP contribution in [0, 0.1) is 20.8 Å². The van der Waals surface area contributed by atoms with E-state index in [1.807, 2.05) is 32.9 Å². The molecule has 1 N–H and O–H groups in total. The number of benzene rings is 1. The molecule has 2 heteroatoms. The molecule has 0 heterocycles. The highest BCUT2D eigenvalue weighted by Gasteiger charge is 2.08. The minimum absolute atomic E-state index is 0.124. The summed E-state index contributed by atoms with van der Waals surface area (Å²) in [5.41, 5.74) is 4.27. The Morgan fingerprint density at radius 3 is 2.31 bits per heavy atom. The topological polar surface area (TPSA) is 37.3 Å². The Hall–Kier alpha value is -1.31. The van der Waals surface area contributed by atoms with Gasteiger partial charge in [-0.1, -0.05) is 12.1 Å². The van der Waals surface area contributed by atoms with Crippen LogP contribution in [0.25, 0.3) is 0 Å². The molecule has 0 radical (unpaired) electrons. The summed E-state index contributed by atoms with van der Waals surface area (Å²) >= 11 is 0. The Balaban J connectivity index is 3.17. The normalized spacial score (nSPS) is 10.1. The van der Waals surface area contributed by atoms with Crippen molar-refractivity contribution in [2.24, 2.45) is 0 Å². The Labute approximate surface area is 78.2 Å². The van der Waals surface area contributed by atoms with Crippen LogP contribution in [-0.2, 0) is 11.2 Å². The van der Waals surface area contributed by atoms with Crippen molar-refractivity contribution in [3.05, 3.63) is 34.4 Å². The summed E-state index contributed by atoms with van der Waals surface area (Å²) < 4.78 is 0. The quantitative estimate of drug-likeness (QED) is 0.754. The summed E-state index contributed by atoms with van der Waals surface area (Å²) in [5, 5.41) is 8.71. The molecule has 0 amide bonds. The van der Waals surface area contributed by atoms with Gasteiger partial charge in [0.25, 0.3) is 0 Å². The maximum Gasteiger partial charge on any atom is 0.307 e. The smallest absolute Gasteiger partial charge is 0.307 e. The molecule has 0 saturated carbocycles. The zero-order valence-electron chi connectivity index (χ0n) is 8.22. The number of hydrogen-bond donors (Lipinski definition) is 1. The molecule has 0 aromatic heterocycles. The fourth-order valence-corrected chi connectivity index (χ4v) is 1.43. The first-order chi connectivity index (χ1) is 6.02. The van der Waals surface area contributed by atoms with Crippen LogP contribution in [0.1, 0.15) is 22.3 Å². The van der Waals surface area contributed by atoms with Crippen molar-refractivity contribution in [2.75, 3.05) is 0 Å². The number of carbonyl (C=O) groups is 1. The first-order valence-corrected chi connectivity index (χ1v) is 4.30. The van der Waals surface area contributed by atoms with E-state index in [9.17, 15) is 4.79 Å². The van der Waals surface area contributed by atoms with Crippen LogP contribution in [0.3, 0.4) is 0 Å². The predicted octanol–water partition coefficient (Wildman–Crippen LogP) is 2.24. The second-order valence-electron chi connectivity index (χ2n) is 3.37. The Morgan fingerprint density at radius 2 is 1.77 bits per heavy atom. The summed E-state index contributed by atoms with van der Waals surface area (Å²) in [4.78, 5) is 10.6. The van der Waals surface area contributed by atoms with Crippen molar-refractivity contribution in [3.63, 3.8) is 0 Å². The Bertz CT molecular complexity index is 340. The van der Waals surface area contributed by atoms with E-state index in [0.717, 1.165) is 22.3 Å². The van der Waals surface area contributed by atoms with E-state index < -0.39 is 5.97 Å². The number of rotatable bonds is 2. The van der Waals surface area contributed by atoms with Gasteiger partial charge in [-0.05, 0) is 43.0 Å². The third-order valence-corrected chi connectivity index (χ3v) is 2.43. The fourth-order valence-electron chi connectivity index (χ4n) is 1.43. The van der Waals surface area contributed by atoms with Gasteiger partial charge in [0.2, 0.25) is 0 Å². The van der Waals surface area contributed by atoms with Gasteiger partial charge in [-0.2, -0.15) is 0 Å². The number of carboxylic acids is 1. The summed E-state index contributed by atoms with van der Waals surface area (Å²) in [6.07, 6.45) is 0.124. The molecule has 0 unspecified atom stereocenters. The van der Waals surface area contributed by atoms with Crippen LogP contribution in [-0.4, -0.2) is 11.1 Å². The summed E-state index contributed by atoms with van der Waals surface area (Å²) in [5.74, 6) is -0.767. The van der Waals surface area contributed by atoms with Crippen molar-refractivity contribution in [1.29, 1.82) is 0 Å². The molecule has 0 saturated heterocycles. The molecule has 0 bridgehead atoms. The van der Waals surface area contributed by atoms with Gasteiger partial charge in [-0.25, -0.2) is 0 Å². The first kappa shape index (κ1) is 9.78. The SMILES string of the molecule is Cc1ccc(C)c(CC(=O)O)c1C. The predicted molar refractivity (Wildman–Crippen MR) is 52.0 cm³/mol. The lowest BCUT2D eigenvalue weighted by molar-refractivity contribution is -0.136. The minimum Gasteiger partial charge on any atom is -0.481 e. The zero-order valence-corrected chi connectivity index (χ0v) is 8.22. The van der Waals surface area contributed by atoms with E-state index in [2.05, 4.69) is 0 Å². The lowest BCUT2D eigenvalue weighted by Crippen LogP contribution is -2.05. The highest BCUT2D eigenvalue weighted by molar-refractivity contribution is 5.71. The molecular formula is C11H14O2. The van der Waals surface area contributed by atoms with Gasteiger partial charge in [0.15, 0.2) is 0 Å². The minimum atomic E-state index is -0.767. The van der Waals surface area contributed by atoms with Gasteiger partial charge in [-0.15, -0.1) is 0 Å². The number of aryl methyl sites for hydroxylation is 2. The van der Waals surface area contributed by atoms with Crippen molar-refractivity contribution in [2.45, 2.75) is 27.2 Å². The van der Waals surface area contributed by atoms with E-state index in [-0.39, 0.29) is 6.42 Å². The molecule has 0 fully saturated rings. The molecule has 1 rings (SSSR count). The standard InChI is InChI=1S/C11H14O2/c1-7-4-5-8(2)10(9(7)3)6-11(12)13/h4-5H,6H2,1-3H3,(H,12,13). The average molecular weight is 178 g/mol. The summed E-state index contributed by atoms with van der Waals surface area (Å²) in [7, 11) is 0. The molecule has 1 aromatic rings. The van der Waals surface area contributed by atoms with Gasteiger partial charge >= 0.3 is 5.97 Å². The van der Waals surface area contributed by atoms with Gasteiger partial charge in [0.05, 0.1) is 6.42 Å². The van der Waals surface area contributed by atoms with E-state index in [0.29, 0.717) is 0 Å². The van der Waals surface area contributed by atoms with Crippen LogP contribution >= 0.6 is 0 Å². The molecule has 0 spiro atoms. The monoisotopic (exact) mass is 178 g/mol. The highest BCUT2D eigenvalue weighted by Crippen LogP contribution is 2.17.